The lowest BCUT2D eigenvalue weighted by Gasteiger charge is -2.09. The molecule has 1 aromatic heterocycles. The molecule has 0 saturated carbocycles. The highest BCUT2D eigenvalue weighted by Crippen LogP contribution is 2.15. The number of aromatic nitrogens is 1. The van der Waals surface area contributed by atoms with Gasteiger partial charge in [0.05, 0.1) is 0 Å². The van der Waals surface area contributed by atoms with Gasteiger partial charge in [0.15, 0.2) is 0 Å². The second-order valence-corrected chi connectivity index (χ2v) is 4.91. The summed E-state index contributed by atoms with van der Waals surface area (Å²) in [6.45, 7) is 6.00. The summed E-state index contributed by atoms with van der Waals surface area (Å²) in [6.07, 6.45) is 3.21. The van der Waals surface area contributed by atoms with Crippen LogP contribution < -0.4 is 10.7 Å². The third kappa shape index (κ3) is 3.18. The van der Waals surface area contributed by atoms with Gasteiger partial charge in [0.2, 0.25) is 5.43 Å². The summed E-state index contributed by atoms with van der Waals surface area (Å²) in [5.74, 6) is -0.929. The minimum Gasteiger partial charge on any atom is -0.352 e. The predicted octanol–water partition coefficient (Wildman–Crippen LogP) is 2.88. The fourth-order valence-electron chi connectivity index (χ4n) is 1.96. The van der Waals surface area contributed by atoms with E-state index in [1.54, 1.807) is 36.9 Å². The number of pyridine rings is 1. The Hall–Kier alpha value is -2.43. The zero-order valence-electron chi connectivity index (χ0n) is 12.2. The molecule has 1 heterocycles. The Morgan fingerprint density at radius 3 is 2.67 bits per heavy atom. The third-order valence-electron chi connectivity index (χ3n) is 3.46. The van der Waals surface area contributed by atoms with Gasteiger partial charge in [-0.3, -0.25) is 9.59 Å². The van der Waals surface area contributed by atoms with Crippen LogP contribution in [-0.2, 0) is 6.54 Å². The number of hydrogen-bond donors (Lipinski definition) is 1. The molecule has 0 fully saturated rings. The topological polar surface area (TPSA) is 51.1 Å². The summed E-state index contributed by atoms with van der Waals surface area (Å²) in [7, 11) is 0. The maximum Gasteiger partial charge on any atom is 0.255 e. The summed E-state index contributed by atoms with van der Waals surface area (Å²) >= 11 is 0. The van der Waals surface area contributed by atoms with E-state index in [9.17, 15) is 14.0 Å². The van der Waals surface area contributed by atoms with E-state index in [4.69, 9.17) is 0 Å². The predicted molar refractivity (Wildman–Crippen MR) is 80.2 cm³/mol. The smallest absolute Gasteiger partial charge is 0.255 e. The van der Waals surface area contributed by atoms with E-state index in [0.29, 0.717) is 17.7 Å². The first-order chi connectivity index (χ1) is 9.92. The average molecular weight is 288 g/mol. The van der Waals surface area contributed by atoms with Gasteiger partial charge < -0.3 is 9.88 Å². The second kappa shape index (κ2) is 5.91. The molecule has 0 unspecified atom stereocenters. The van der Waals surface area contributed by atoms with E-state index in [-0.39, 0.29) is 16.7 Å². The highest BCUT2D eigenvalue weighted by Gasteiger charge is 2.12. The number of nitrogens with zero attached hydrogens (tertiary/aromatic N) is 1. The highest BCUT2D eigenvalue weighted by atomic mass is 19.1. The van der Waals surface area contributed by atoms with Gasteiger partial charge in [0, 0.05) is 30.6 Å². The van der Waals surface area contributed by atoms with Crippen molar-refractivity contribution >= 4 is 11.6 Å². The quantitative estimate of drug-likeness (QED) is 0.944. The molecule has 1 aromatic carbocycles. The number of hydrogen-bond acceptors (Lipinski definition) is 2. The first-order valence-corrected chi connectivity index (χ1v) is 6.70. The van der Waals surface area contributed by atoms with Crippen molar-refractivity contribution in [3.63, 3.8) is 0 Å². The summed E-state index contributed by atoms with van der Waals surface area (Å²) in [4.78, 5) is 23.9. The van der Waals surface area contributed by atoms with Crippen molar-refractivity contribution < 1.29 is 9.18 Å². The molecule has 0 aliphatic rings. The Labute approximate surface area is 122 Å². The maximum absolute atomic E-state index is 13.7. The van der Waals surface area contributed by atoms with Crippen LogP contribution in [0.25, 0.3) is 0 Å². The van der Waals surface area contributed by atoms with E-state index in [1.165, 1.54) is 12.1 Å². The van der Waals surface area contributed by atoms with Crippen LogP contribution >= 0.6 is 0 Å². The number of carbonyl (C=O) groups is 1. The molecule has 4 nitrogen and oxygen atoms in total. The zero-order valence-corrected chi connectivity index (χ0v) is 12.2. The van der Waals surface area contributed by atoms with Crippen molar-refractivity contribution in [2.45, 2.75) is 27.3 Å². The molecule has 2 rings (SSSR count). The molecular weight excluding hydrogens is 271 g/mol. The van der Waals surface area contributed by atoms with E-state index in [0.717, 1.165) is 0 Å². The summed E-state index contributed by atoms with van der Waals surface area (Å²) in [6, 6.07) is 4.17. The lowest BCUT2D eigenvalue weighted by atomic mass is 10.1. The molecule has 21 heavy (non-hydrogen) atoms. The Bertz CT molecular complexity index is 727. The van der Waals surface area contributed by atoms with Gasteiger partial charge in [0.1, 0.15) is 11.5 Å². The van der Waals surface area contributed by atoms with E-state index in [1.807, 2.05) is 6.92 Å². The Morgan fingerprint density at radius 1 is 1.33 bits per heavy atom. The molecule has 0 bridgehead atoms. The molecule has 5 heteroatoms. The maximum atomic E-state index is 13.7. The van der Waals surface area contributed by atoms with E-state index >= 15 is 0 Å². The van der Waals surface area contributed by atoms with Crippen LogP contribution in [0.2, 0.25) is 0 Å². The molecule has 0 radical (unpaired) electrons. The van der Waals surface area contributed by atoms with Crippen LogP contribution in [0.1, 0.15) is 28.4 Å². The van der Waals surface area contributed by atoms with Gasteiger partial charge in [-0.25, -0.2) is 4.39 Å². The van der Waals surface area contributed by atoms with Gasteiger partial charge in [0.25, 0.3) is 5.91 Å². The van der Waals surface area contributed by atoms with Gasteiger partial charge >= 0.3 is 0 Å². The van der Waals surface area contributed by atoms with Gasteiger partial charge in [-0.1, -0.05) is 0 Å². The molecule has 1 amide bonds. The zero-order chi connectivity index (χ0) is 15.6. The van der Waals surface area contributed by atoms with E-state index in [2.05, 4.69) is 5.32 Å². The summed E-state index contributed by atoms with van der Waals surface area (Å²) < 4.78 is 15.5. The number of nitrogens with one attached hydrogen (secondary N) is 1. The Morgan fingerprint density at radius 2 is 2.05 bits per heavy atom. The Kier molecular flexibility index (Phi) is 4.21. The van der Waals surface area contributed by atoms with Gasteiger partial charge in [-0.05, 0) is 44.0 Å². The number of halogens is 1. The molecule has 0 spiro atoms. The van der Waals surface area contributed by atoms with E-state index < -0.39 is 11.7 Å². The van der Waals surface area contributed by atoms with Crippen molar-refractivity contribution in [1.29, 1.82) is 0 Å². The number of aryl methyl sites for hydroxylation is 2. The SMILES string of the molecule is CCn1ccc(=O)c(NC(=O)c2cc(C)c(C)c(F)c2)c1. The van der Waals surface area contributed by atoms with Crippen LogP contribution in [0.15, 0.2) is 35.4 Å². The van der Waals surface area contributed by atoms with Gasteiger partial charge in [-0.15, -0.1) is 0 Å². The van der Waals surface area contributed by atoms with Gasteiger partial charge in [-0.2, -0.15) is 0 Å². The lowest BCUT2D eigenvalue weighted by Crippen LogP contribution is -2.19. The molecule has 1 N–H and O–H groups in total. The van der Waals surface area contributed by atoms with Crippen LogP contribution in [0.4, 0.5) is 10.1 Å². The molecule has 2 aromatic rings. The number of rotatable bonds is 3. The van der Waals surface area contributed by atoms with Crippen LogP contribution in [0, 0.1) is 19.7 Å². The third-order valence-corrected chi connectivity index (χ3v) is 3.46. The molecule has 0 atom stereocenters. The summed E-state index contributed by atoms with van der Waals surface area (Å²) in [5.41, 5.74) is 1.31. The minimum atomic E-state index is -0.497. The monoisotopic (exact) mass is 288 g/mol. The molecular formula is C16H17FN2O2. The standard InChI is InChI=1S/C16H17FN2O2/c1-4-19-6-5-15(20)14(9-19)18-16(21)12-7-10(2)11(3)13(17)8-12/h5-9H,4H2,1-3H3,(H,18,21). The lowest BCUT2D eigenvalue weighted by molar-refractivity contribution is 0.102. The van der Waals surface area contributed by atoms with Crippen molar-refractivity contribution in [3.8, 4) is 0 Å². The van der Waals surface area contributed by atoms with Crippen molar-refractivity contribution in [2.75, 3.05) is 5.32 Å². The molecule has 0 saturated heterocycles. The minimum absolute atomic E-state index is 0.183. The average Bonchev–Trinajstić information content (AvgIpc) is 2.46. The fraction of sp³-hybridized carbons (Fsp3) is 0.250. The number of carbonyl (C=O) groups excluding carboxylic acids is 1. The first-order valence-electron chi connectivity index (χ1n) is 6.70. The number of anilines is 1. The van der Waals surface area contributed by atoms with Crippen molar-refractivity contribution in [1.82, 2.24) is 4.57 Å². The first kappa shape index (κ1) is 15.0. The normalized spacial score (nSPS) is 10.5. The summed E-state index contributed by atoms with van der Waals surface area (Å²) in [5, 5.41) is 2.54. The number of benzene rings is 1. The number of amides is 1. The second-order valence-electron chi connectivity index (χ2n) is 4.91. The van der Waals surface area contributed by atoms with Crippen LogP contribution in [0.5, 0.6) is 0 Å². The van der Waals surface area contributed by atoms with Crippen LogP contribution in [0.3, 0.4) is 0 Å². The van der Waals surface area contributed by atoms with Crippen molar-refractivity contribution in [2.24, 2.45) is 0 Å². The highest BCUT2D eigenvalue weighted by molar-refractivity contribution is 6.04. The fourth-order valence-corrected chi connectivity index (χ4v) is 1.96. The van der Waals surface area contributed by atoms with Crippen molar-refractivity contribution in [3.05, 3.63) is 63.3 Å². The molecule has 0 aliphatic carbocycles. The van der Waals surface area contributed by atoms with Crippen LogP contribution in [-0.4, -0.2) is 10.5 Å². The molecule has 110 valence electrons. The molecule has 0 aliphatic heterocycles. The largest absolute Gasteiger partial charge is 0.352 e. The Balaban J connectivity index is 2.32.